The first-order chi connectivity index (χ1) is 11.0. The van der Waals surface area contributed by atoms with Gasteiger partial charge in [0.2, 0.25) is 0 Å². The topological polar surface area (TPSA) is 53.7 Å². The van der Waals surface area contributed by atoms with E-state index in [9.17, 15) is 0 Å². The molecule has 1 aliphatic heterocycles. The van der Waals surface area contributed by atoms with Crippen LogP contribution in [-0.4, -0.2) is 42.7 Å². The van der Waals surface area contributed by atoms with E-state index in [1.807, 2.05) is 20.9 Å². The molecule has 24 heavy (non-hydrogen) atoms. The van der Waals surface area contributed by atoms with Crippen molar-refractivity contribution in [3.8, 4) is 0 Å². The van der Waals surface area contributed by atoms with Crippen LogP contribution in [0.3, 0.4) is 0 Å². The fourth-order valence-corrected chi connectivity index (χ4v) is 3.82. The molecule has 0 amide bonds. The summed E-state index contributed by atoms with van der Waals surface area (Å²) in [5.74, 6) is 2.29. The van der Waals surface area contributed by atoms with E-state index < -0.39 is 0 Å². The number of hydrogen-bond acceptors (Lipinski definition) is 3. The van der Waals surface area contributed by atoms with Crippen LogP contribution < -0.4 is 5.32 Å². The minimum Gasteiger partial charge on any atom is -0.361 e. The van der Waals surface area contributed by atoms with E-state index in [0.717, 1.165) is 37.0 Å². The van der Waals surface area contributed by atoms with Gasteiger partial charge in [0.05, 0.1) is 5.69 Å². The van der Waals surface area contributed by atoms with E-state index in [2.05, 4.69) is 41.1 Å². The highest BCUT2D eigenvalue weighted by Gasteiger charge is 2.36. The van der Waals surface area contributed by atoms with Gasteiger partial charge in [0.25, 0.3) is 0 Å². The molecule has 0 aromatic carbocycles. The molecule has 0 radical (unpaired) electrons. The van der Waals surface area contributed by atoms with Crippen LogP contribution in [0.2, 0.25) is 0 Å². The van der Waals surface area contributed by atoms with Gasteiger partial charge in [0, 0.05) is 38.2 Å². The van der Waals surface area contributed by atoms with Crippen molar-refractivity contribution >= 4 is 29.9 Å². The van der Waals surface area contributed by atoms with Crippen LogP contribution in [-0.2, 0) is 0 Å². The number of nitrogens with zero attached hydrogens (tertiary/aromatic N) is 3. The smallest absolute Gasteiger partial charge is 0.193 e. The van der Waals surface area contributed by atoms with Crippen LogP contribution in [0.5, 0.6) is 0 Å². The van der Waals surface area contributed by atoms with E-state index in [1.54, 1.807) is 0 Å². The normalized spacial score (nSPS) is 18.4. The molecular weight excluding hydrogens is 415 g/mol. The molecule has 0 bridgehead atoms. The number of likely N-dealkylation sites (tertiary alicyclic amines) is 1. The second kappa shape index (κ2) is 9.06. The molecule has 1 unspecified atom stereocenters. The van der Waals surface area contributed by atoms with Gasteiger partial charge in [0.15, 0.2) is 5.96 Å². The largest absolute Gasteiger partial charge is 0.361 e. The molecule has 0 saturated carbocycles. The number of hydrogen-bond donors (Lipinski definition) is 1. The average molecular weight is 448 g/mol. The molecule has 1 aliphatic rings. The Balaban J connectivity index is 0.00000288. The van der Waals surface area contributed by atoms with Crippen LogP contribution >= 0.6 is 24.0 Å². The van der Waals surface area contributed by atoms with E-state index in [4.69, 9.17) is 4.52 Å². The Hall–Kier alpha value is -0.790. The lowest BCUT2D eigenvalue weighted by Gasteiger charge is -2.28. The molecule has 1 aromatic rings. The maximum absolute atomic E-state index is 5.29. The number of guanidine groups is 1. The van der Waals surface area contributed by atoms with Crippen molar-refractivity contribution in [2.24, 2.45) is 10.4 Å². The predicted octanol–water partition coefficient (Wildman–Crippen LogP) is 4.10. The highest BCUT2D eigenvalue weighted by atomic mass is 127. The molecule has 2 heterocycles. The number of halogens is 1. The summed E-state index contributed by atoms with van der Waals surface area (Å²) >= 11 is 0. The zero-order valence-corrected chi connectivity index (χ0v) is 18.3. The summed E-state index contributed by atoms with van der Waals surface area (Å²) in [6, 6.07) is 0. The van der Waals surface area contributed by atoms with E-state index >= 15 is 0 Å². The van der Waals surface area contributed by atoms with Crippen molar-refractivity contribution in [1.82, 2.24) is 15.4 Å². The molecule has 1 atom stereocenters. The summed E-state index contributed by atoms with van der Waals surface area (Å²) in [6.45, 7) is 13.9. The Labute approximate surface area is 163 Å². The Morgan fingerprint density at radius 3 is 2.50 bits per heavy atom. The second-order valence-corrected chi connectivity index (χ2v) is 6.95. The SMILES string of the molecule is CCC1(CC)CCN(C(=NC)NCC(C)c2c(C)noc2C)C1.I. The van der Waals surface area contributed by atoms with Crippen molar-refractivity contribution in [3.05, 3.63) is 17.0 Å². The number of aryl methyl sites for hydroxylation is 2. The first-order valence-corrected chi connectivity index (χ1v) is 8.84. The Morgan fingerprint density at radius 1 is 1.38 bits per heavy atom. The zero-order valence-electron chi connectivity index (χ0n) is 16.0. The molecule has 0 spiro atoms. The second-order valence-electron chi connectivity index (χ2n) is 6.95. The standard InChI is InChI=1S/C18H32N4O.HI/c1-7-18(8-2)9-10-22(12-18)17(19-6)20-11-13(3)16-14(4)21-23-15(16)5;/h13H,7-12H2,1-6H3,(H,19,20);1H. The van der Waals surface area contributed by atoms with Crippen LogP contribution in [0.15, 0.2) is 9.52 Å². The minimum atomic E-state index is 0. The maximum Gasteiger partial charge on any atom is 0.193 e. The predicted molar refractivity (Wildman–Crippen MR) is 110 cm³/mol. The van der Waals surface area contributed by atoms with Crippen LogP contribution in [0, 0.1) is 19.3 Å². The van der Waals surface area contributed by atoms with Crippen LogP contribution in [0.4, 0.5) is 0 Å². The Kier molecular flexibility index (Phi) is 8.02. The lowest BCUT2D eigenvalue weighted by Crippen LogP contribution is -2.42. The number of rotatable bonds is 5. The average Bonchev–Trinajstić information content (AvgIpc) is 3.12. The van der Waals surface area contributed by atoms with E-state index in [0.29, 0.717) is 11.3 Å². The van der Waals surface area contributed by atoms with Gasteiger partial charge in [0.1, 0.15) is 5.76 Å². The van der Waals surface area contributed by atoms with Crippen molar-refractivity contribution in [2.45, 2.75) is 59.8 Å². The molecule has 2 rings (SSSR count). The lowest BCUT2D eigenvalue weighted by atomic mass is 9.82. The summed E-state index contributed by atoms with van der Waals surface area (Å²) < 4.78 is 5.29. The summed E-state index contributed by atoms with van der Waals surface area (Å²) in [7, 11) is 1.88. The van der Waals surface area contributed by atoms with Gasteiger partial charge in [-0.1, -0.05) is 25.9 Å². The van der Waals surface area contributed by atoms with Crippen molar-refractivity contribution in [2.75, 3.05) is 26.7 Å². The number of nitrogens with one attached hydrogen (secondary N) is 1. The summed E-state index contributed by atoms with van der Waals surface area (Å²) in [5, 5.41) is 7.61. The number of aromatic nitrogens is 1. The first kappa shape index (κ1) is 21.3. The molecule has 0 aliphatic carbocycles. The molecule has 5 nitrogen and oxygen atoms in total. The lowest BCUT2D eigenvalue weighted by molar-refractivity contribution is 0.276. The summed E-state index contributed by atoms with van der Waals surface area (Å²) in [6.07, 6.45) is 3.75. The highest BCUT2D eigenvalue weighted by molar-refractivity contribution is 14.0. The van der Waals surface area contributed by atoms with Gasteiger partial charge < -0.3 is 14.7 Å². The molecule has 1 N–H and O–H groups in total. The van der Waals surface area contributed by atoms with Gasteiger partial charge in [-0.3, -0.25) is 4.99 Å². The molecule has 1 fully saturated rings. The summed E-state index contributed by atoms with van der Waals surface area (Å²) in [5.41, 5.74) is 2.67. The maximum atomic E-state index is 5.29. The third-order valence-corrected chi connectivity index (χ3v) is 5.60. The van der Waals surface area contributed by atoms with E-state index in [1.165, 1.54) is 24.8 Å². The quantitative estimate of drug-likeness (QED) is 0.419. The molecule has 6 heteroatoms. The van der Waals surface area contributed by atoms with Gasteiger partial charge in [-0.25, -0.2) is 0 Å². The Morgan fingerprint density at radius 2 is 2.04 bits per heavy atom. The van der Waals surface area contributed by atoms with E-state index in [-0.39, 0.29) is 24.0 Å². The fraction of sp³-hybridized carbons (Fsp3) is 0.778. The van der Waals surface area contributed by atoms with Gasteiger partial charge in [-0.15, -0.1) is 24.0 Å². The summed E-state index contributed by atoms with van der Waals surface area (Å²) in [4.78, 5) is 6.90. The fourth-order valence-electron chi connectivity index (χ4n) is 3.82. The molecule has 1 aromatic heterocycles. The molecule has 138 valence electrons. The first-order valence-electron chi connectivity index (χ1n) is 8.84. The third kappa shape index (κ3) is 4.43. The van der Waals surface area contributed by atoms with Crippen molar-refractivity contribution in [3.63, 3.8) is 0 Å². The number of aliphatic imine (C=N–C) groups is 1. The van der Waals surface area contributed by atoms with Crippen molar-refractivity contribution in [1.29, 1.82) is 0 Å². The van der Waals surface area contributed by atoms with Crippen LogP contribution in [0.25, 0.3) is 0 Å². The van der Waals surface area contributed by atoms with Crippen molar-refractivity contribution < 1.29 is 4.52 Å². The zero-order chi connectivity index (χ0) is 17.0. The molecular formula is C18H33IN4O. The third-order valence-electron chi connectivity index (χ3n) is 5.60. The minimum absolute atomic E-state index is 0. The Bertz CT molecular complexity index is 532. The van der Waals surface area contributed by atoms with Gasteiger partial charge in [-0.05, 0) is 38.5 Å². The van der Waals surface area contributed by atoms with Gasteiger partial charge >= 0.3 is 0 Å². The molecule has 1 saturated heterocycles. The van der Waals surface area contributed by atoms with Crippen LogP contribution in [0.1, 0.15) is 63.0 Å². The highest BCUT2D eigenvalue weighted by Crippen LogP contribution is 2.36. The monoisotopic (exact) mass is 448 g/mol. The van der Waals surface area contributed by atoms with Gasteiger partial charge in [-0.2, -0.15) is 0 Å².